The summed E-state index contributed by atoms with van der Waals surface area (Å²) in [6, 6.07) is 0. The van der Waals surface area contributed by atoms with Gasteiger partial charge >= 0.3 is 10.8 Å². The van der Waals surface area contributed by atoms with E-state index in [9.17, 15) is 36.7 Å². The van der Waals surface area contributed by atoms with Gasteiger partial charge in [-0.15, -0.1) is 0 Å². The zero-order chi connectivity index (χ0) is 18.7. The monoisotopic (exact) mass is 390 g/mol. The van der Waals surface area contributed by atoms with Gasteiger partial charge in [0.2, 0.25) is 5.78 Å². The minimum absolute atomic E-state index is 0.150. The third-order valence-electron chi connectivity index (χ3n) is 1.61. The molecule has 0 aliphatic rings. The van der Waals surface area contributed by atoms with Crippen molar-refractivity contribution >= 4 is 39.1 Å². The van der Waals surface area contributed by atoms with Crippen LogP contribution in [-0.2, 0) is 19.2 Å². The van der Waals surface area contributed by atoms with Crippen LogP contribution in [-0.4, -0.2) is 33.9 Å². The van der Waals surface area contributed by atoms with Gasteiger partial charge in [0, 0.05) is 20.8 Å². The molecule has 0 amide bonds. The summed E-state index contributed by atoms with van der Waals surface area (Å²) in [7, 11) is 0. The van der Waals surface area contributed by atoms with Crippen LogP contribution in [0.15, 0.2) is 25.3 Å². The number of hydrogen-bond donors (Lipinski definition) is 0. The number of carbonyl (C=O) groups is 4. The summed E-state index contributed by atoms with van der Waals surface area (Å²) >= 11 is 2.03. The van der Waals surface area contributed by atoms with Crippen molar-refractivity contribution in [1.29, 1.82) is 0 Å². The Kier molecular flexibility index (Phi) is 12.7. The molecule has 9 heteroatoms. The van der Waals surface area contributed by atoms with Gasteiger partial charge in [-0.1, -0.05) is 13.2 Å². The maximum absolute atomic E-state index is 12.1. The third-order valence-corrected chi connectivity index (χ3v) is 1.93. The molecule has 0 bridgehead atoms. The van der Waals surface area contributed by atoms with E-state index in [1.807, 2.05) is 15.9 Å². The summed E-state index contributed by atoms with van der Waals surface area (Å²) in [5.74, 6) is -7.34. The van der Waals surface area contributed by atoms with Crippen LogP contribution >= 0.6 is 15.9 Å². The van der Waals surface area contributed by atoms with Crippen molar-refractivity contribution in [2.24, 2.45) is 0 Å². The molecule has 0 radical (unpaired) electrons. The van der Waals surface area contributed by atoms with E-state index in [0.29, 0.717) is 6.08 Å². The quantitative estimate of drug-likeness (QED) is 0.312. The molecule has 0 saturated heterocycles. The summed E-state index contributed by atoms with van der Waals surface area (Å²) in [5, 5.41) is 0. The highest BCUT2D eigenvalue weighted by molar-refractivity contribution is 9.10. The molecule has 0 saturated carbocycles. The number of Topliss-reactive ketones (excluding diaryl/α,β-unsaturated/α-hetero) is 4. The van der Waals surface area contributed by atoms with Gasteiger partial charge in [0.1, 0.15) is 0 Å². The zero-order valence-corrected chi connectivity index (χ0v) is 13.7. The van der Waals surface area contributed by atoms with Gasteiger partial charge in [0.25, 0.3) is 5.78 Å². The summed E-state index contributed by atoms with van der Waals surface area (Å²) in [5.41, 5.74) is 0. The highest BCUT2D eigenvalue weighted by Crippen LogP contribution is 2.21. The van der Waals surface area contributed by atoms with E-state index < -0.39 is 22.3 Å². The molecule has 0 spiro atoms. The summed E-state index contributed by atoms with van der Waals surface area (Å²) in [4.78, 5) is 37.0. The first kappa shape index (κ1) is 25.3. The Labute approximate surface area is 133 Å². The fourth-order valence-corrected chi connectivity index (χ4v) is 0.327. The van der Waals surface area contributed by atoms with E-state index in [2.05, 4.69) is 13.2 Å². The number of halogens is 5. The lowest BCUT2D eigenvalue weighted by atomic mass is 10.1. The second kappa shape index (κ2) is 11.0. The molecule has 22 heavy (non-hydrogen) atoms. The number of hydrogen-bond acceptors (Lipinski definition) is 4. The topological polar surface area (TPSA) is 68.3 Å². The van der Waals surface area contributed by atoms with Gasteiger partial charge in [-0.2, -0.15) is 17.6 Å². The van der Waals surface area contributed by atoms with E-state index in [1.165, 1.54) is 13.8 Å². The van der Waals surface area contributed by atoms with Gasteiger partial charge in [-0.3, -0.25) is 19.2 Å². The van der Waals surface area contributed by atoms with Crippen LogP contribution in [0, 0.1) is 0 Å². The fraction of sp³-hybridized carbons (Fsp3) is 0.385. The van der Waals surface area contributed by atoms with Gasteiger partial charge in [0.05, 0.1) is 0 Å². The Hall–Kier alpha value is -1.64. The number of ketones is 4. The zero-order valence-electron chi connectivity index (χ0n) is 12.1. The van der Waals surface area contributed by atoms with E-state index in [4.69, 9.17) is 0 Å². The van der Waals surface area contributed by atoms with Crippen LogP contribution in [0.4, 0.5) is 17.6 Å². The molecule has 0 atom stereocenters. The molecule has 0 aliphatic carbocycles. The first-order chi connectivity index (χ1) is 9.62. The Balaban J connectivity index is -0.000000261. The Morgan fingerprint density at radius 3 is 1.14 bits per heavy atom. The van der Waals surface area contributed by atoms with E-state index >= 15 is 0 Å². The minimum atomic E-state index is -3.70. The van der Waals surface area contributed by atoms with Crippen molar-refractivity contribution in [3.05, 3.63) is 25.3 Å². The van der Waals surface area contributed by atoms with Crippen LogP contribution in [0.3, 0.4) is 0 Å². The first-order valence-electron chi connectivity index (χ1n) is 5.41. The lowest BCUT2D eigenvalue weighted by Crippen LogP contribution is -2.31. The predicted molar refractivity (Wildman–Crippen MR) is 76.3 cm³/mol. The first-order valence-corrected chi connectivity index (χ1v) is 6.20. The molecule has 0 aromatic rings. The van der Waals surface area contributed by atoms with Crippen LogP contribution in [0.5, 0.6) is 0 Å². The molecule has 4 nitrogen and oxygen atoms in total. The maximum Gasteiger partial charge on any atom is 0.330 e. The van der Waals surface area contributed by atoms with Crippen LogP contribution in [0.25, 0.3) is 0 Å². The van der Waals surface area contributed by atoms with Crippen LogP contribution in [0.2, 0.25) is 0 Å². The molecule has 0 aromatic carbocycles. The van der Waals surface area contributed by atoms with Gasteiger partial charge in [0.15, 0.2) is 11.6 Å². The second-order valence-corrected chi connectivity index (χ2v) is 4.63. The Morgan fingerprint density at radius 2 is 1.09 bits per heavy atom. The third kappa shape index (κ3) is 16.4. The number of rotatable bonds is 5. The van der Waals surface area contributed by atoms with Gasteiger partial charge in [-0.05, 0) is 28.1 Å². The van der Waals surface area contributed by atoms with Gasteiger partial charge < -0.3 is 0 Å². The SMILES string of the molecule is C=CC(F)(F)Br.C=CC(F)(F)C(=O)C(C)=O.CC(=O)C(C)=O. The molecule has 0 aliphatic heterocycles. The van der Waals surface area contributed by atoms with Crippen molar-refractivity contribution in [2.75, 3.05) is 0 Å². The standard InChI is InChI=1S/C6H6F2O2.C4H6O2.C3H3BrF2/c1-3-6(7,8)5(10)4(2)9;1-3(5)4(2)6;1-2-3(4,5)6/h3H,1H2,2H3;1-2H3;2H,1H2. The largest absolute Gasteiger partial charge is 0.330 e. The van der Waals surface area contributed by atoms with Crippen LogP contribution in [0.1, 0.15) is 20.8 Å². The lowest BCUT2D eigenvalue weighted by molar-refractivity contribution is -0.147. The maximum atomic E-state index is 12.1. The normalized spacial score (nSPS) is 10.0. The number of carbonyl (C=O) groups excluding carboxylic acids is 4. The van der Waals surface area contributed by atoms with Gasteiger partial charge in [-0.25, -0.2) is 0 Å². The molecule has 0 fully saturated rings. The second-order valence-electron chi connectivity index (χ2n) is 3.57. The molecule has 0 heterocycles. The molecule has 0 N–H and O–H groups in total. The highest BCUT2D eigenvalue weighted by atomic mass is 79.9. The summed E-state index contributed by atoms with van der Waals surface area (Å²) in [6.45, 7) is 8.84. The average molecular weight is 391 g/mol. The van der Waals surface area contributed by atoms with Crippen molar-refractivity contribution in [3.8, 4) is 0 Å². The molecule has 0 rings (SSSR count). The average Bonchev–Trinajstić information content (AvgIpc) is 2.38. The van der Waals surface area contributed by atoms with E-state index in [1.54, 1.807) is 0 Å². The molecular formula is C13H15BrF4O4. The Morgan fingerprint density at radius 1 is 0.818 bits per heavy atom. The van der Waals surface area contributed by atoms with Crippen molar-refractivity contribution in [1.82, 2.24) is 0 Å². The number of allylic oxidation sites excluding steroid dienone is 2. The summed E-state index contributed by atoms with van der Waals surface area (Å²) in [6.07, 6.45) is 0.670. The molecule has 126 valence electrons. The molecule has 0 unspecified atom stereocenters. The minimum Gasteiger partial charge on any atom is -0.291 e. The fourth-order valence-electron chi connectivity index (χ4n) is 0.327. The smallest absolute Gasteiger partial charge is 0.291 e. The van der Waals surface area contributed by atoms with E-state index in [-0.39, 0.29) is 17.6 Å². The Bertz CT molecular complexity index is 441. The van der Waals surface area contributed by atoms with Crippen molar-refractivity contribution in [3.63, 3.8) is 0 Å². The van der Waals surface area contributed by atoms with Crippen molar-refractivity contribution < 1.29 is 36.7 Å². The van der Waals surface area contributed by atoms with Crippen LogP contribution < -0.4 is 0 Å². The number of alkyl halides is 5. The van der Waals surface area contributed by atoms with Crippen molar-refractivity contribution in [2.45, 2.75) is 31.5 Å². The predicted octanol–water partition coefficient (Wildman–Crippen LogP) is 3.29. The molecular weight excluding hydrogens is 376 g/mol. The summed E-state index contributed by atoms with van der Waals surface area (Å²) < 4.78 is 46.7. The highest BCUT2D eigenvalue weighted by Gasteiger charge is 2.37. The lowest BCUT2D eigenvalue weighted by Gasteiger charge is -2.05. The van der Waals surface area contributed by atoms with E-state index in [0.717, 1.165) is 6.92 Å². The molecule has 0 aromatic heterocycles.